The standard InChI is InChI=1S/C21H18N6O2/c1-13-3-2-4-16(9-13)27-20(28)8-7-18(25-27)21-23-19(26-29-21)11-14-5-6-17-15(10-14)12-22-24-17/h2-6,9-10,12H,7-8,11H2,1H3,(H,22,24). The van der Waals surface area contributed by atoms with Crippen molar-refractivity contribution in [3.05, 3.63) is 71.5 Å². The van der Waals surface area contributed by atoms with Crippen LogP contribution in [-0.2, 0) is 11.2 Å². The number of rotatable bonds is 4. The average molecular weight is 386 g/mol. The van der Waals surface area contributed by atoms with Gasteiger partial charge in [-0.1, -0.05) is 23.4 Å². The zero-order valence-electron chi connectivity index (χ0n) is 15.8. The Labute approximate surface area is 166 Å². The summed E-state index contributed by atoms with van der Waals surface area (Å²) in [4.78, 5) is 16.9. The van der Waals surface area contributed by atoms with E-state index in [1.807, 2.05) is 49.4 Å². The van der Waals surface area contributed by atoms with Crippen LogP contribution in [0.3, 0.4) is 0 Å². The third-order valence-electron chi connectivity index (χ3n) is 4.86. The fourth-order valence-electron chi connectivity index (χ4n) is 3.40. The van der Waals surface area contributed by atoms with Crippen LogP contribution in [0.5, 0.6) is 0 Å². The number of nitrogens with one attached hydrogen (secondary N) is 1. The summed E-state index contributed by atoms with van der Waals surface area (Å²) in [6.07, 6.45) is 3.15. The molecule has 0 aliphatic carbocycles. The highest BCUT2D eigenvalue weighted by molar-refractivity contribution is 6.06. The van der Waals surface area contributed by atoms with Crippen molar-refractivity contribution in [1.29, 1.82) is 0 Å². The number of carbonyl (C=O) groups is 1. The zero-order chi connectivity index (χ0) is 19.8. The molecule has 1 aliphatic heterocycles. The van der Waals surface area contributed by atoms with E-state index in [1.165, 1.54) is 5.01 Å². The minimum absolute atomic E-state index is 0.0486. The Morgan fingerprint density at radius 2 is 2.10 bits per heavy atom. The second-order valence-electron chi connectivity index (χ2n) is 7.08. The van der Waals surface area contributed by atoms with E-state index in [9.17, 15) is 4.79 Å². The summed E-state index contributed by atoms with van der Waals surface area (Å²) < 4.78 is 5.44. The molecule has 0 bridgehead atoms. The van der Waals surface area contributed by atoms with Gasteiger partial charge in [-0.15, -0.1) is 0 Å². The van der Waals surface area contributed by atoms with E-state index in [1.54, 1.807) is 6.20 Å². The highest BCUT2D eigenvalue weighted by Crippen LogP contribution is 2.23. The number of hydrazone groups is 1. The summed E-state index contributed by atoms with van der Waals surface area (Å²) in [5, 5.41) is 18.0. The molecule has 29 heavy (non-hydrogen) atoms. The highest BCUT2D eigenvalue weighted by Gasteiger charge is 2.26. The second kappa shape index (κ2) is 6.97. The molecule has 5 rings (SSSR count). The van der Waals surface area contributed by atoms with Gasteiger partial charge >= 0.3 is 0 Å². The van der Waals surface area contributed by atoms with E-state index in [0.717, 1.165) is 27.7 Å². The number of hydrogen-bond acceptors (Lipinski definition) is 6. The number of benzene rings is 2. The second-order valence-corrected chi connectivity index (χ2v) is 7.08. The van der Waals surface area contributed by atoms with Gasteiger partial charge in [0, 0.05) is 24.6 Å². The Morgan fingerprint density at radius 3 is 3.00 bits per heavy atom. The summed E-state index contributed by atoms with van der Waals surface area (Å²) in [6, 6.07) is 13.7. The van der Waals surface area contributed by atoms with Crippen LogP contribution in [-0.4, -0.2) is 32.0 Å². The van der Waals surface area contributed by atoms with Crippen molar-refractivity contribution in [3.63, 3.8) is 0 Å². The molecule has 1 amide bonds. The van der Waals surface area contributed by atoms with Crippen LogP contribution in [0.4, 0.5) is 5.69 Å². The minimum Gasteiger partial charge on any atom is -0.333 e. The van der Waals surface area contributed by atoms with E-state index in [0.29, 0.717) is 36.7 Å². The normalized spacial score (nSPS) is 14.4. The van der Waals surface area contributed by atoms with Gasteiger partial charge in [-0.2, -0.15) is 15.2 Å². The topological polar surface area (TPSA) is 100 Å². The van der Waals surface area contributed by atoms with Crippen molar-refractivity contribution < 1.29 is 9.32 Å². The van der Waals surface area contributed by atoms with Crippen LogP contribution in [0.2, 0.25) is 0 Å². The Kier molecular flexibility index (Phi) is 4.16. The van der Waals surface area contributed by atoms with Crippen molar-refractivity contribution in [2.45, 2.75) is 26.2 Å². The minimum atomic E-state index is -0.0486. The van der Waals surface area contributed by atoms with Crippen LogP contribution >= 0.6 is 0 Å². The molecule has 144 valence electrons. The van der Waals surface area contributed by atoms with Crippen molar-refractivity contribution in [2.24, 2.45) is 5.10 Å². The van der Waals surface area contributed by atoms with Crippen molar-refractivity contribution in [1.82, 2.24) is 20.3 Å². The summed E-state index contributed by atoms with van der Waals surface area (Å²) >= 11 is 0. The Balaban J connectivity index is 1.40. The molecule has 0 atom stereocenters. The molecule has 1 N–H and O–H groups in total. The van der Waals surface area contributed by atoms with Gasteiger partial charge in [-0.25, -0.2) is 5.01 Å². The van der Waals surface area contributed by atoms with E-state index in [2.05, 4.69) is 25.4 Å². The van der Waals surface area contributed by atoms with E-state index in [4.69, 9.17) is 4.52 Å². The molecule has 8 nitrogen and oxygen atoms in total. The molecular weight excluding hydrogens is 368 g/mol. The SMILES string of the molecule is Cc1cccc(N2N=C(c3nc(Cc4ccc5[nH]ncc5c4)no3)CCC2=O)c1. The maximum absolute atomic E-state index is 12.4. The van der Waals surface area contributed by atoms with Crippen LogP contribution in [0.25, 0.3) is 10.9 Å². The van der Waals surface area contributed by atoms with Gasteiger partial charge in [0.2, 0.25) is 5.91 Å². The maximum atomic E-state index is 12.4. The van der Waals surface area contributed by atoms with Crippen LogP contribution in [0.1, 0.15) is 35.7 Å². The van der Waals surface area contributed by atoms with Crippen LogP contribution < -0.4 is 5.01 Å². The predicted octanol–water partition coefficient (Wildman–Crippen LogP) is 3.38. The molecule has 8 heteroatoms. The average Bonchev–Trinajstić information content (AvgIpc) is 3.37. The van der Waals surface area contributed by atoms with Crippen LogP contribution in [0, 0.1) is 6.92 Å². The Hall–Kier alpha value is -3.81. The summed E-state index contributed by atoms with van der Waals surface area (Å²) in [6.45, 7) is 1.98. The number of nitrogens with zero attached hydrogens (tertiary/aromatic N) is 5. The quantitative estimate of drug-likeness (QED) is 0.579. The molecule has 2 aromatic carbocycles. The Bertz CT molecular complexity index is 1240. The number of aromatic amines is 1. The molecule has 3 heterocycles. The first-order valence-electron chi connectivity index (χ1n) is 9.38. The lowest BCUT2D eigenvalue weighted by molar-refractivity contribution is -0.118. The first kappa shape index (κ1) is 17.3. The van der Waals surface area contributed by atoms with Gasteiger partial charge in [0.05, 0.1) is 17.4 Å². The number of hydrogen-bond donors (Lipinski definition) is 1. The van der Waals surface area contributed by atoms with Gasteiger partial charge in [0.25, 0.3) is 5.89 Å². The van der Waals surface area contributed by atoms with Gasteiger partial charge in [-0.3, -0.25) is 9.89 Å². The van der Waals surface area contributed by atoms with Crippen molar-refractivity contribution >= 4 is 28.2 Å². The first-order valence-corrected chi connectivity index (χ1v) is 9.38. The first-order chi connectivity index (χ1) is 14.2. The van der Waals surface area contributed by atoms with Gasteiger partial charge in [-0.05, 0) is 42.3 Å². The number of aromatic nitrogens is 4. The summed E-state index contributed by atoms with van der Waals surface area (Å²) in [7, 11) is 0. The third kappa shape index (κ3) is 3.40. The number of fused-ring (bicyclic) bond motifs is 1. The third-order valence-corrected chi connectivity index (χ3v) is 4.86. The largest absolute Gasteiger partial charge is 0.333 e. The maximum Gasteiger partial charge on any atom is 0.274 e. The van der Waals surface area contributed by atoms with Gasteiger partial charge in [0.15, 0.2) is 5.82 Å². The molecule has 0 spiro atoms. The van der Waals surface area contributed by atoms with E-state index in [-0.39, 0.29) is 5.91 Å². The lowest BCUT2D eigenvalue weighted by Crippen LogP contribution is -2.32. The van der Waals surface area contributed by atoms with Gasteiger partial charge in [0.1, 0.15) is 5.71 Å². The summed E-state index contributed by atoms with van der Waals surface area (Å²) in [5.41, 5.74) is 4.47. The number of anilines is 1. The van der Waals surface area contributed by atoms with E-state index < -0.39 is 0 Å². The van der Waals surface area contributed by atoms with Gasteiger partial charge < -0.3 is 4.52 Å². The molecule has 1 aliphatic rings. The molecular formula is C21H18N6O2. The van der Waals surface area contributed by atoms with Crippen LogP contribution in [0.15, 0.2) is 58.3 Å². The summed E-state index contributed by atoms with van der Waals surface area (Å²) in [5.74, 6) is 0.881. The number of carbonyl (C=O) groups excluding carboxylic acids is 1. The van der Waals surface area contributed by atoms with Crippen molar-refractivity contribution in [2.75, 3.05) is 5.01 Å². The monoisotopic (exact) mass is 386 g/mol. The molecule has 2 aromatic heterocycles. The fourth-order valence-corrected chi connectivity index (χ4v) is 3.40. The lowest BCUT2D eigenvalue weighted by atomic mass is 10.1. The number of H-pyrrole nitrogens is 1. The highest BCUT2D eigenvalue weighted by atomic mass is 16.5. The van der Waals surface area contributed by atoms with E-state index >= 15 is 0 Å². The molecule has 4 aromatic rings. The molecule has 0 unspecified atom stereocenters. The molecule has 0 saturated heterocycles. The van der Waals surface area contributed by atoms with Crippen molar-refractivity contribution in [3.8, 4) is 0 Å². The smallest absolute Gasteiger partial charge is 0.274 e. The molecule has 0 radical (unpaired) electrons. The number of amides is 1. The fraction of sp³-hybridized carbons (Fsp3) is 0.190. The number of aryl methyl sites for hydroxylation is 1. The zero-order valence-corrected chi connectivity index (χ0v) is 15.8. The lowest BCUT2D eigenvalue weighted by Gasteiger charge is -2.22. The Morgan fingerprint density at radius 1 is 1.17 bits per heavy atom. The predicted molar refractivity (Wildman–Crippen MR) is 108 cm³/mol. The molecule has 0 saturated carbocycles. The molecule has 0 fully saturated rings.